The SMILES string of the molecule is O=C1NC2CCN(C2)c2nc(OCC34CCCN3CCC4)nc3c(F)c(ncc23)-c2c(c(Cl)cc3[nH]ncc23)C2CC2CCO1. The summed E-state index contributed by atoms with van der Waals surface area (Å²) in [5.41, 5.74) is 2.49. The maximum absolute atomic E-state index is 17.0. The molecule has 1 aliphatic carbocycles. The molecule has 5 aliphatic heterocycles. The van der Waals surface area contributed by atoms with Crippen LogP contribution in [0.5, 0.6) is 6.01 Å². The van der Waals surface area contributed by atoms with Crippen LogP contribution in [0.25, 0.3) is 33.1 Å². The highest BCUT2D eigenvalue weighted by molar-refractivity contribution is 6.33. The fourth-order valence-electron chi connectivity index (χ4n) is 8.36. The second kappa shape index (κ2) is 10.4. The zero-order valence-corrected chi connectivity index (χ0v) is 25.6. The van der Waals surface area contributed by atoms with E-state index in [1.807, 2.05) is 11.0 Å². The first-order valence-corrected chi connectivity index (χ1v) is 16.4. The quantitative estimate of drug-likeness (QED) is 0.315. The molecule has 0 spiro atoms. The summed E-state index contributed by atoms with van der Waals surface area (Å²) in [4.78, 5) is 31.6. The molecule has 10 rings (SSSR count). The highest BCUT2D eigenvalue weighted by Crippen LogP contribution is 2.56. The van der Waals surface area contributed by atoms with Gasteiger partial charge in [-0.2, -0.15) is 15.1 Å². The van der Waals surface area contributed by atoms with Gasteiger partial charge in [-0.3, -0.25) is 15.0 Å². The predicted molar refractivity (Wildman–Crippen MR) is 166 cm³/mol. The lowest BCUT2D eigenvalue weighted by Crippen LogP contribution is -2.43. The van der Waals surface area contributed by atoms with Gasteiger partial charge in [0.05, 0.1) is 35.3 Å². The third-order valence-corrected chi connectivity index (χ3v) is 11.0. The molecule has 6 bridgehead atoms. The van der Waals surface area contributed by atoms with Gasteiger partial charge in [-0.05, 0) is 81.5 Å². The van der Waals surface area contributed by atoms with E-state index in [0.717, 1.165) is 56.1 Å². The van der Waals surface area contributed by atoms with Gasteiger partial charge in [0.15, 0.2) is 5.82 Å². The number of aromatic nitrogens is 5. The number of carbonyl (C=O) groups excluding carboxylic acids is 1. The first-order chi connectivity index (χ1) is 22.0. The molecule has 1 amide bonds. The molecule has 4 aromatic rings. The topological polar surface area (TPSA) is 121 Å². The van der Waals surface area contributed by atoms with Crippen LogP contribution in [0.3, 0.4) is 0 Å². The molecule has 0 radical (unpaired) electrons. The normalized spacial score (nSPS) is 25.7. The number of carbonyl (C=O) groups is 1. The molecule has 1 saturated carbocycles. The van der Waals surface area contributed by atoms with Gasteiger partial charge in [-0.25, -0.2) is 9.18 Å². The standard InChI is InChI=1S/C32H34ClFN8O3/c33-22-12-23-20(14-36-40-23)25-24(22)19-11-17(19)4-10-44-31(43)37-18-3-9-41(15-18)29-21-13-35-28(25)26(34)27(21)38-30(39-29)45-16-32-5-1-7-42(32)8-2-6-32/h12-14,17-19H,1-11,15-16H2,(H,36,40)(H,37,43). The molecular formula is C32H34ClFN8O3. The Morgan fingerprint density at radius 3 is 2.87 bits per heavy atom. The van der Waals surface area contributed by atoms with Crippen molar-refractivity contribution < 1.29 is 18.7 Å². The second-order valence-corrected chi connectivity index (χ2v) is 13.7. The van der Waals surface area contributed by atoms with Crippen LogP contribution in [0.2, 0.25) is 5.02 Å². The number of aromatic amines is 1. The molecule has 11 nitrogen and oxygen atoms in total. The highest BCUT2D eigenvalue weighted by Gasteiger charge is 2.45. The molecule has 1 aromatic carbocycles. The Morgan fingerprint density at radius 2 is 2.00 bits per heavy atom. The molecule has 4 fully saturated rings. The molecule has 3 atom stereocenters. The minimum Gasteiger partial charge on any atom is -0.461 e. The van der Waals surface area contributed by atoms with Crippen LogP contribution < -0.4 is 15.0 Å². The molecule has 3 unspecified atom stereocenters. The number of H-pyrrole nitrogens is 1. The van der Waals surface area contributed by atoms with Crippen molar-refractivity contribution in [3.63, 3.8) is 0 Å². The Labute approximate surface area is 263 Å². The molecule has 13 heteroatoms. The predicted octanol–water partition coefficient (Wildman–Crippen LogP) is 5.18. The number of nitrogens with one attached hydrogen (secondary N) is 2. The highest BCUT2D eigenvalue weighted by atomic mass is 35.5. The van der Waals surface area contributed by atoms with Crippen LogP contribution in [0, 0.1) is 11.7 Å². The number of anilines is 1. The Balaban J connectivity index is 1.21. The van der Waals surface area contributed by atoms with E-state index in [2.05, 4.69) is 20.4 Å². The third kappa shape index (κ3) is 4.51. The van der Waals surface area contributed by atoms with E-state index >= 15 is 4.39 Å². The largest absolute Gasteiger partial charge is 0.461 e. The van der Waals surface area contributed by atoms with Crippen molar-refractivity contribution >= 4 is 45.3 Å². The van der Waals surface area contributed by atoms with Crippen LogP contribution in [0.4, 0.5) is 15.0 Å². The van der Waals surface area contributed by atoms with E-state index in [1.54, 1.807) is 12.4 Å². The average molecular weight is 633 g/mol. The first-order valence-electron chi connectivity index (χ1n) is 16.1. The fourth-order valence-corrected chi connectivity index (χ4v) is 8.70. The zero-order chi connectivity index (χ0) is 30.3. The number of amides is 1. The molecule has 8 heterocycles. The molecular weight excluding hydrogens is 599 g/mol. The number of benzene rings is 1. The van der Waals surface area contributed by atoms with Gasteiger partial charge in [0.25, 0.3) is 0 Å². The van der Waals surface area contributed by atoms with Gasteiger partial charge >= 0.3 is 12.1 Å². The Hall–Kier alpha value is -3.77. The van der Waals surface area contributed by atoms with Crippen LogP contribution in [-0.4, -0.2) is 87.1 Å². The first kappa shape index (κ1) is 27.5. The van der Waals surface area contributed by atoms with Crippen molar-refractivity contribution in [1.82, 2.24) is 35.4 Å². The number of ether oxygens (including phenoxy) is 2. The summed E-state index contributed by atoms with van der Waals surface area (Å²) in [7, 11) is 0. The number of hydrogen-bond acceptors (Lipinski definition) is 9. The number of pyridine rings is 1. The van der Waals surface area contributed by atoms with Gasteiger partial charge in [-0.1, -0.05) is 11.6 Å². The molecule has 45 heavy (non-hydrogen) atoms. The van der Waals surface area contributed by atoms with Crippen molar-refractivity contribution in [2.75, 3.05) is 44.3 Å². The van der Waals surface area contributed by atoms with Crippen LogP contribution >= 0.6 is 11.6 Å². The lowest BCUT2D eigenvalue weighted by molar-refractivity contribution is 0.108. The Kier molecular flexibility index (Phi) is 6.35. The van der Waals surface area contributed by atoms with Crippen molar-refractivity contribution in [3.05, 3.63) is 34.9 Å². The minimum absolute atomic E-state index is 0.0148. The van der Waals surface area contributed by atoms with E-state index in [4.69, 9.17) is 36.0 Å². The molecule has 3 saturated heterocycles. The monoisotopic (exact) mass is 632 g/mol. The average Bonchev–Trinajstić information content (AvgIpc) is 3.47. The van der Waals surface area contributed by atoms with Crippen LogP contribution in [-0.2, 0) is 4.74 Å². The van der Waals surface area contributed by atoms with E-state index in [1.165, 1.54) is 0 Å². The van der Waals surface area contributed by atoms with Crippen molar-refractivity contribution in [2.24, 2.45) is 5.92 Å². The van der Waals surface area contributed by atoms with Crippen molar-refractivity contribution in [1.29, 1.82) is 0 Å². The van der Waals surface area contributed by atoms with Crippen molar-refractivity contribution in [3.8, 4) is 17.3 Å². The summed E-state index contributed by atoms with van der Waals surface area (Å²) in [5.74, 6) is 0.332. The van der Waals surface area contributed by atoms with E-state index < -0.39 is 11.9 Å². The fraction of sp³-hybridized carbons (Fsp3) is 0.531. The summed E-state index contributed by atoms with van der Waals surface area (Å²) < 4.78 is 29.0. The smallest absolute Gasteiger partial charge is 0.407 e. The van der Waals surface area contributed by atoms with Crippen LogP contribution in [0.15, 0.2) is 18.5 Å². The summed E-state index contributed by atoms with van der Waals surface area (Å²) in [6.45, 7) is 4.04. The maximum atomic E-state index is 17.0. The summed E-state index contributed by atoms with van der Waals surface area (Å²) in [5, 5.41) is 12.0. The summed E-state index contributed by atoms with van der Waals surface area (Å²) in [6, 6.07) is 1.86. The third-order valence-electron chi connectivity index (χ3n) is 10.7. The minimum atomic E-state index is -0.539. The Bertz CT molecular complexity index is 1840. The number of rotatable bonds is 3. The molecule has 3 aromatic heterocycles. The summed E-state index contributed by atoms with van der Waals surface area (Å²) >= 11 is 6.91. The van der Waals surface area contributed by atoms with E-state index in [9.17, 15) is 4.79 Å². The van der Waals surface area contributed by atoms with E-state index in [-0.39, 0.29) is 40.6 Å². The molecule has 2 N–H and O–H groups in total. The van der Waals surface area contributed by atoms with Gasteiger partial charge in [0.2, 0.25) is 0 Å². The number of nitrogens with zero attached hydrogens (tertiary/aromatic N) is 6. The molecule has 6 aliphatic rings. The van der Waals surface area contributed by atoms with Gasteiger partial charge in [0.1, 0.15) is 23.6 Å². The maximum Gasteiger partial charge on any atom is 0.407 e. The number of fused-ring (bicyclic) bond motifs is 7. The number of halogens is 2. The van der Waals surface area contributed by atoms with Gasteiger partial charge in [0, 0.05) is 35.3 Å². The van der Waals surface area contributed by atoms with Crippen molar-refractivity contribution in [2.45, 2.75) is 62.4 Å². The lowest BCUT2D eigenvalue weighted by atomic mass is 9.94. The van der Waals surface area contributed by atoms with Gasteiger partial charge in [-0.15, -0.1) is 0 Å². The number of alkyl carbamates (subject to hydrolysis) is 1. The van der Waals surface area contributed by atoms with Crippen LogP contribution in [0.1, 0.15) is 56.4 Å². The van der Waals surface area contributed by atoms with Gasteiger partial charge < -0.3 is 19.7 Å². The number of hydrogen-bond donors (Lipinski definition) is 2. The van der Waals surface area contributed by atoms with E-state index in [0.29, 0.717) is 66.5 Å². The Morgan fingerprint density at radius 1 is 1.13 bits per heavy atom. The zero-order valence-electron chi connectivity index (χ0n) is 24.8. The summed E-state index contributed by atoms with van der Waals surface area (Å²) in [6.07, 6.45) is 9.63. The second-order valence-electron chi connectivity index (χ2n) is 13.3. The molecule has 234 valence electrons. The lowest BCUT2D eigenvalue weighted by Gasteiger charge is -2.31.